The minimum atomic E-state index is -3.56. The number of hydrogen-bond donors (Lipinski definition) is 0. The Balaban J connectivity index is 2.78. The largest absolute Gasteiger partial charge is 0.232 e. The summed E-state index contributed by atoms with van der Waals surface area (Å²) in [7, 11) is 1.45. The highest BCUT2D eigenvalue weighted by Gasteiger charge is 2.08. The van der Waals surface area contributed by atoms with Gasteiger partial charge in [-0.25, -0.2) is 12.8 Å². The smallest absolute Gasteiger partial charge is 0.212 e. The van der Waals surface area contributed by atoms with Crippen molar-refractivity contribution in [2.24, 2.45) is 0 Å². The topological polar surface area (TPSA) is 34.1 Å². The standard InChI is InChI=1S/C8H7BrClFO2S/c9-7-2-1-6(8(11)5-7)3-4-14(10,12)13/h1-2,5H,3-4H2. The van der Waals surface area contributed by atoms with Gasteiger partial charge >= 0.3 is 0 Å². The van der Waals surface area contributed by atoms with E-state index in [-0.39, 0.29) is 12.2 Å². The van der Waals surface area contributed by atoms with Crippen LogP contribution in [-0.4, -0.2) is 14.2 Å². The first-order valence-electron chi connectivity index (χ1n) is 3.75. The number of halogens is 3. The molecule has 0 amide bonds. The van der Waals surface area contributed by atoms with E-state index in [1.807, 2.05) is 0 Å². The van der Waals surface area contributed by atoms with Gasteiger partial charge in [0.05, 0.1) is 5.75 Å². The van der Waals surface area contributed by atoms with Crippen molar-refractivity contribution in [2.45, 2.75) is 6.42 Å². The van der Waals surface area contributed by atoms with Crippen LogP contribution in [0.2, 0.25) is 0 Å². The molecule has 0 aliphatic carbocycles. The second-order valence-corrected chi connectivity index (χ2v) is 6.54. The molecule has 14 heavy (non-hydrogen) atoms. The highest BCUT2D eigenvalue weighted by atomic mass is 79.9. The molecule has 0 saturated carbocycles. The third-order valence-corrected chi connectivity index (χ3v) is 3.28. The first-order valence-corrected chi connectivity index (χ1v) is 7.02. The summed E-state index contributed by atoms with van der Waals surface area (Å²) in [4.78, 5) is 0. The van der Waals surface area contributed by atoms with Gasteiger partial charge in [-0.3, -0.25) is 0 Å². The van der Waals surface area contributed by atoms with Gasteiger partial charge in [-0.2, -0.15) is 0 Å². The zero-order valence-corrected chi connectivity index (χ0v) is 10.2. The predicted octanol–water partition coefficient (Wildman–Crippen LogP) is 2.70. The van der Waals surface area contributed by atoms with E-state index in [9.17, 15) is 12.8 Å². The van der Waals surface area contributed by atoms with Crippen LogP contribution in [0.1, 0.15) is 5.56 Å². The monoisotopic (exact) mass is 300 g/mol. The Labute approximate surface area is 94.6 Å². The first kappa shape index (κ1) is 11.9. The second kappa shape index (κ2) is 4.59. The molecule has 0 spiro atoms. The Morgan fingerprint density at radius 3 is 2.57 bits per heavy atom. The summed E-state index contributed by atoms with van der Waals surface area (Å²) in [5.41, 5.74) is 0.345. The molecule has 0 heterocycles. The van der Waals surface area contributed by atoms with E-state index < -0.39 is 14.9 Å². The number of aryl methyl sites for hydroxylation is 1. The molecule has 0 N–H and O–H groups in total. The fraction of sp³-hybridized carbons (Fsp3) is 0.250. The van der Waals surface area contributed by atoms with Gasteiger partial charge in [0.25, 0.3) is 0 Å². The average molecular weight is 302 g/mol. The Bertz CT molecular complexity index is 433. The summed E-state index contributed by atoms with van der Waals surface area (Å²) < 4.78 is 35.0. The fourth-order valence-electron chi connectivity index (χ4n) is 0.956. The van der Waals surface area contributed by atoms with Crippen LogP contribution < -0.4 is 0 Å². The molecule has 78 valence electrons. The maximum Gasteiger partial charge on any atom is 0.232 e. The van der Waals surface area contributed by atoms with Crippen LogP contribution in [0, 0.1) is 5.82 Å². The maximum atomic E-state index is 13.2. The predicted molar refractivity (Wildman–Crippen MR) is 57.4 cm³/mol. The molecule has 0 radical (unpaired) electrons. The van der Waals surface area contributed by atoms with E-state index >= 15 is 0 Å². The van der Waals surface area contributed by atoms with Crippen LogP contribution in [0.3, 0.4) is 0 Å². The Hall–Kier alpha value is -0.130. The number of rotatable bonds is 3. The molecule has 6 heteroatoms. The van der Waals surface area contributed by atoms with Crippen molar-refractivity contribution in [2.75, 3.05) is 5.75 Å². The lowest BCUT2D eigenvalue weighted by Crippen LogP contribution is -2.02. The number of benzene rings is 1. The molecule has 1 aromatic carbocycles. The molecular weight excluding hydrogens is 295 g/mol. The summed E-state index contributed by atoms with van der Waals surface area (Å²) in [5, 5.41) is 0. The lowest BCUT2D eigenvalue weighted by atomic mass is 10.2. The van der Waals surface area contributed by atoms with Crippen molar-refractivity contribution in [3.63, 3.8) is 0 Å². The first-order chi connectivity index (χ1) is 6.38. The van der Waals surface area contributed by atoms with Crippen molar-refractivity contribution in [1.82, 2.24) is 0 Å². The van der Waals surface area contributed by atoms with Crippen molar-refractivity contribution in [3.8, 4) is 0 Å². The van der Waals surface area contributed by atoms with Crippen LogP contribution in [0.5, 0.6) is 0 Å². The molecule has 0 aromatic heterocycles. The Morgan fingerprint density at radius 2 is 2.07 bits per heavy atom. The average Bonchev–Trinajstić information content (AvgIpc) is 2.00. The summed E-state index contributed by atoms with van der Waals surface area (Å²) in [6, 6.07) is 4.47. The molecule has 0 fully saturated rings. The van der Waals surface area contributed by atoms with Crippen molar-refractivity contribution in [3.05, 3.63) is 34.1 Å². The van der Waals surface area contributed by atoms with Crippen LogP contribution in [-0.2, 0) is 15.5 Å². The van der Waals surface area contributed by atoms with Gasteiger partial charge in [-0.15, -0.1) is 0 Å². The zero-order chi connectivity index (χ0) is 10.8. The van der Waals surface area contributed by atoms with E-state index in [2.05, 4.69) is 15.9 Å². The minimum Gasteiger partial charge on any atom is -0.212 e. The molecule has 0 unspecified atom stereocenters. The Kier molecular flexibility index (Phi) is 3.92. The van der Waals surface area contributed by atoms with Crippen LogP contribution in [0.15, 0.2) is 22.7 Å². The van der Waals surface area contributed by atoms with Gasteiger partial charge in [0, 0.05) is 15.2 Å². The van der Waals surface area contributed by atoms with E-state index in [0.717, 1.165) is 0 Å². The molecular formula is C8H7BrClFO2S. The molecule has 0 atom stereocenters. The third-order valence-electron chi connectivity index (χ3n) is 1.63. The fourth-order valence-corrected chi connectivity index (χ4v) is 1.98. The van der Waals surface area contributed by atoms with Crippen LogP contribution in [0.4, 0.5) is 4.39 Å². The molecule has 1 rings (SSSR count). The highest BCUT2D eigenvalue weighted by molar-refractivity contribution is 9.10. The molecule has 0 saturated heterocycles. The van der Waals surface area contributed by atoms with Gasteiger partial charge in [0.1, 0.15) is 5.82 Å². The summed E-state index contributed by atoms with van der Waals surface area (Å²) in [6.45, 7) is 0. The van der Waals surface area contributed by atoms with E-state index in [4.69, 9.17) is 10.7 Å². The molecule has 0 bridgehead atoms. The molecule has 2 nitrogen and oxygen atoms in total. The zero-order valence-electron chi connectivity index (χ0n) is 7.00. The van der Waals surface area contributed by atoms with E-state index in [0.29, 0.717) is 10.0 Å². The quantitative estimate of drug-likeness (QED) is 0.805. The normalized spacial score (nSPS) is 11.6. The van der Waals surface area contributed by atoms with Gasteiger partial charge in [0.2, 0.25) is 9.05 Å². The van der Waals surface area contributed by atoms with Crippen molar-refractivity contribution >= 4 is 35.7 Å². The minimum absolute atomic E-state index is 0.0882. The summed E-state index contributed by atoms with van der Waals surface area (Å²) in [6.07, 6.45) is 0.0882. The van der Waals surface area contributed by atoms with Crippen molar-refractivity contribution in [1.29, 1.82) is 0 Å². The molecule has 1 aromatic rings. The number of hydrogen-bond acceptors (Lipinski definition) is 2. The summed E-state index contributed by atoms with van der Waals surface area (Å²) >= 11 is 3.10. The summed E-state index contributed by atoms with van der Waals surface area (Å²) in [5.74, 6) is -0.688. The van der Waals surface area contributed by atoms with E-state index in [1.54, 1.807) is 6.07 Å². The van der Waals surface area contributed by atoms with Gasteiger partial charge in [0.15, 0.2) is 0 Å². The third kappa shape index (κ3) is 3.94. The highest BCUT2D eigenvalue weighted by Crippen LogP contribution is 2.16. The van der Waals surface area contributed by atoms with Gasteiger partial charge in [-0.1, -0.05) is 22.0 Å². The SMILES string of the molecule is O=S(=O)(Cl)CCc1ccc(Br)cc1F. The lowest BCUT2D eigenvalue weighted by molar-refractivity contribution is 0.601. The van der Waals surface area contributed by atoms with Crippen molar-refractivity contribution < 1.29 is 12.8 Å². The van der Waals surface area contributed by atoms with Crippen LogP contribution >= 0.6 is 26.6 Å². The lowest BCUT2D eigenvalue weighted by Gasteiger charge is -2.01. The van der Waals surface area contributed by atoms with Gasteiger partial charge in [-0.05, 0) is 24.1 Å². The van der Waals surface area contributed by atoms with Gasteiger partial charge < -0.3 is 0 Å². The molecule has 0 aliphatic rings. The van der Waals surface area contributed by atoms with E-state index in [1.165, 1.54) is 12.1 Å². The Morgan fingerprint density at radius 1 is 1.43 bits per heavy atom. The maximum absolute atomic E-state index is 13.2. The molecule has 0 aliphatic heterocycles. The second-order valence-electron chi connectivity index (χ2n) is 2.73. The van der Waals surface area contributed by atoms with Crippen LogP contribution in [0.25, 0.3) is 0 Å².